The van der Waals surface area contributed by atoms with E-state index in [1.54, 1.807) is 38.1 Å². The Kier molecular flexibility index (Phi) is 7.16. The van der Waals surface area contributed by atoms with Crippen LogP contribution in [0.1, 0.15) is 19.4 Å². The van der Waals surface area contributed by atoms with Crippen LogP contribution < -0.4 is 20.2 Å². The topological polar surface area (TPSA) is 115 Å². The second-order valence-corrected chi connectivity index (χ2v) is 6.26. The van der Waals surface area contributed by atoms with E-state index in [1.165, 1.54) is 25.5 Å². The summed E-state index contributed by atoms with van der Waals surface area (Å²) < 4.78 is 10.7. The minimum absolute atomic E-state index is 0.0353. The van der Waals surface area contributed by atoms with Crippen molar-refractivity contribution in [2.75, 3.05) is 12.4 Å². The zero-order valence-corrected chi connectivity index (χ0v) is 16.2. The Balaban J connectivity index is 2.13. The average molecular weight is 407 g/mol. The van der Waals surface area contributed by atoms with E-state index in [4.69, 9.17) is 21.1 Å². The van der Waals surface area contributed by atoms with Crippen LogP contribution in [0.2, 0.25) is 5.02 Å². The van der Waals surface area contributed by atoms with Crippen molar-refractivity contribution in [2.45, 2.75) is 20.0 Å². The summed E-state index contributed by atoms with van der Waals surface area (Å²) >= 11 is 5.78. The molecule has 2 N–H and O–H groups in total. The van der Waals surface area contributed by atoms with E-state index < -0.39 is 11.0 Å². The number of nitro groups is 1. The minimum Gasteiger partial charge on any atom is -0.493 e. The highest BCUT2D eigenvalue weighted by Crippen LogP contribution is 2.38. The lowest BCUT2D eigenvalue weighted by Crippen LogP contribution is -2.24. The van der Waals surface area contributed by atoms with Crippen LogP contribution in [0.4, 0.5) is 16.2 Å². The van der Waals surface area contributed by atoms with Gasteiger partial charge in [-0.15, -0.1) is 0 Å². The Labute approximate surface area is 166 Å². The molecule has 0 bridgehead atoms. The smallest absolute Gasteiger partial charge is 0.339 e. The highest BCUT2D eigenvalue weighted by Gasteiger charge is 2.23. The monoisotopic (exact) mass is 406 g/mol. The molecule has 0 radical (unpaired) electrons. The van der Waals surface area contributed by atoms with Gasteiger partial charge in [-0.1, -0.05) is 11.6 Å². The molecule has 2 rings (SSSR count). The second kappa shape index (κ2) is 9.56. The fraction of sp³-hybridized carbons (Fsp3) is 0.222. The van der Waals surface area contributed by atoms with Crippen LogP contribution in [-0.2, 0) is 0 Å². The van der Waals surface area contributed by atoms with E-state index in [-0.39, 0.29) is 23.3 Å². The first-order valence-corrected chi connectivity index (χ1v) is 8.56. The first-order chi connectivity index (χ1) is 13.3. The SMILES string of the molecule is COc1cc(/C=N\NC(=O)Nc2ccc(Cl)cc2)cc([N+](=O)[O-])c1OC(C)C. The number of hydrazone groups is 1. The van der Waals surface area contributed by atoms with Crippen molar-refractivity contribution in [3.8, 4) is 11.5 Å². The summed E-state index contributed by atoms with van der Waals surface area (Å²) in [5.74, 6) is 0.225. The van der Waals surface area contributed by atoms with Crippen molar-refractivity contribution in [2.24, 2.45) is 5.10 Å². The van der Waals surface area contributed by atoms with Gasteiger partial charge in [-0.25, -0.2) is 10.2 Å². The third kappa shape index (κ3) is 5.85. The summed E-state index contributed by atoms with van der Waals surface area (Å²) in [6.45, 7) is 3.50. The molecule has 9 nitrogen and oxygen atoms in total. The molecular formula is C18H19ClN4O5. The number of nitrogens with zero attached hydrogens (tertiary/aromatic N) is 2. The predicted octanol–water partition coefficient (Wildman–Crippen LogP) is 4.20. The minimum atomic E-state index is -0.584. The Hall–Kier alpha value is -3.33. The summed E-state index contributed by atoms with van der Waals surface area (Å²) in [6, 6.07) is 8.75. The van der Waals surface area contributed by atoms with Crippen LogP contribution in [0, 0.1) is 10.1 Å². The molecule has 2 aromatic carbocycles. The van der Waals surface area contributed by atoms with Crippen molar-refractivity contribution in [3.05, 3.63) is 57.1 Å². The zero-order valence-electron chi connectivity index (χ0n) is 15.4. The van der Waals surface area contributed by atoms with Crippen molar-refractivity contribution >= 4 is 35.2 Å². The summed E-state index contributed by atoms with van der Waals surface area (Å²) in [7, 11) is 1.38. The molecule has 2 aromatic rings. The maximum absolute atomic E-state index is 11.8. The van der Waals surface area contributed by atoms with Crippen molar-refractivity contribution in [1.82, 2.24) is 5.43 Å². The van der Waals surface area contributed by atoms with E-state index in [2.05, 4.69) is 15.8 Å². The van der Waals surface area contributed by atoms with Gasteiger partial charge in [0.2, 0.25) is 5.75 Å². The van der Waals surface area contributed by atoms with Gasteiger partial charge in [0.1, 0.15) is 0 Å². The van der Waals surface area contributed by atoms with Gasteiger partial charge in [-0.2, -0.15) is 5.10 Å². The lowest BCUT2D eigenvalue weighted by Gasteiger charge is -2.14. The quantitative estimate of drug-likeness (QED) is 0.406. The number of nitrogens with one attached hydrogen (secondary N) is 2. The molecule has 0 saturated carbocycles. The number of rotatable bonds is 7. The zero-order chi connectivity index (χ0) is 20.7. The van der Waals surface area contributed by atoms with Gasteiger partial charge in [0.05, 0.1) is 24.4 Å². The second-order valence-electron chi connectivity index (χ2n) is 5.83. The van der Waals surface area contributed by atoms with E-state index >= 15 is 0 Å². The van der Waals surface area contributed by atoms with E-state index in [0.29, 0.717) is 16.3 Å². The first-order valence-electron chi connectivity index (χ1n) is 8.19. The maximum atomic E-state index is 11.8. The van der Waals surface area contributed by atoms with E-state index in [9.17, 15) is 14.9 Å². The fourth-order valence-corrected chi connectivity index (χ4v) is 2.31. The number of urea groups is 1. The number of ether oxygens (including phenoxy) is 2. The largest absolute Gasteiger partial charge is 0.493 e. The van der Waals surface area contributed by atoms with E-state index in [0.717, 1.165) is 0 Å². The summed E-state index contributed by atoms with van der Waals surface area (Å²) in [4.78, 5) is 22.6. The Morgan fingerprint density at radius 2 is 1.96 bits per heavy atom. The molecule has 0 aliphatic carbocycles. The molecule has 0 saturated heterocycles. The molecule has 2 amide bonds. The number of carbonyl (C=O) groups is 1. The highest BCUT2D eigenvalue weighted by atomic mass is 35.5. The number of hydrogen-bond acceptors (Lipinski definition) is 6. The number of anilines is 1. The van der Waals surface area contributed by atoms with Gasteiger partial charge in [-0.3, -0.25) is 10.1 Å². The van der Waals surface area contributed by atoms with Crippen LogP contribution >= 0.6 is 11.6 Å². The van der Waals surface area contributed by atoms with Crippen LogP contribution in [-0.4, -0.2) is 30.4 Å². The van der Waals surface area contributed by atoms with Crippen LogP contribution in [0.5, 0.6) is 11.5 Å². The van der Waals surface area contributed by atoms with Gasteiger partial charge in [0.25, 0.3) is 0 Å². The maximum Gasteiger partial charge on any atom is 0.339 e. The van der Waals surface area contributed by atoms with Crippen LogP contribution in [0.15, 0.2) is 41.5 Å². The lowest BCUT2D eigenvalue weighted by atomic mass is 10.2. The lowest BCUT2D eigenvalue weighted by molar-refractivity contribution is -0.386. The Bertz CT molecular complexity index is 884. The van der Waals surface area contributed by atoms with Gasteiger partial charge in [-0.05, 0) is 44.2 Å². The average Bonchev–Trinajstić information content (AvgIpc) is 2.63. The van der Waals surface area contributed by atoms with Gasteiger partial charge in [0.15, 0.2) is 5.75 Å². The first kappa shape index (κ1) is 21.0. The standard InChI is InChI=1S/C18H19ClN4O5/c1-11(2)28-17-15(23(25)26)8-12(9-16(17)27-3)10-20-22-18(24)21-14-6-4-13(19)5-7-14/h4-11H,1-3H3,(H2,21,22,24)/b20-10-. The molecule has 28 heavy (non-hydrogen) atoms. The molecule has 148 valence electrons. The number of benzene rings is 2. The summed E-state index contributed by atoms with van der Waals surface area (Å²) in [5.41, 5.74) is 2.89. The van der Waals surface area contributed by atoms with Crippen molar-refractivity contribution in [1.29, 1.82) is 0 Å². The highest BCUT2D eigenvalue weighted by molar-refractivity contribution is 6.30. The molecule has 0 aliphatic rings. The molecule has 0 atom stereocenters. The van der Waals surface area contributed by atoms with Crippen molar-refractivity contribution < 1.29 is 19.2 Å². The van der Waals surface area contributed by atoms with Crippen molar-refractivity contribution in [3.63, 3.8) is 0 Å². The van der Waals surface area contributed by atoms with Gasteiger partial charge < -0.3 is 14.8 Å². The number of halogens is 1. The number of methoxy groups -OCH3 is 1. The third-order valence-electron chi connectivity index (χ3n) is 3.31. The molecule has 0 unspecified atom stereocenters. The number of nitro benzene ring substituents is 1. The Morgan fingerprint density at radius 3 is 2.54 bits per heavy atom. The summed E-state index contributed by atoms with van der Waals surface area (Å²) in [6.07, 6.45) is 0.987. The number of hydrogen-bond donors (Lipinski definition) is 2. The van der Waals surface area contributed by atoms with Crippen LogP contribution in [0.25, 0.3) is 0 Å². The van der Waals surface area contributed by atoms with Gasteiger partial charge in [0, 0.05) is 22.3 Å². The van der Waals surface area contributed by atoms with Crippen LogP contribution in [0.3, 0.4) is 0 Å². The molecule has 0 heterocycles. The number of carbonyl (C=O) groups excluding carboxylic acids is 1. The molecule has 0 aliphatic heterocycles. The summed E-state index contributed by atoms with van der Waals surface area (Å²) in [5, 5.41) is 18.3. The molecule has 10 heteroatoms. The third-order valence-corrected chi connectivity index (χ3v) is 3.56. The molecular weight excluding hydrogens is 388 g/mol. The molecule has 0 spiro atoms. The van der Waals surface area contributed by atoms with E-state index in [1.807, 2.05) is 0 Å². The van der Waals surface area contributed by atoms with Gasteiger partial charge >= 0.3 is 11.7 Å². The molecule has 0 aromatic heterocycles. The molecule has 0 fully saturated rings. The normalized spacial score (nSPS) is 10.8. The fourth-order valence-electron chi connectivity index (χ4n) is 2.18. The Morgan fingerprint density at radius 1 is 1.29 bits per heavy atom. The number of amides is 2. The predicted molar refractivity (Wildman–Crippen MR) is 107 cm³/mol.